The SMILES string of the molecule is CC(=O)N(CCC(c1ccc(Cl)c(Cl)c1)P(=O)(O)O)OCc1ccc(C(C)C)cc1. The zero-order chi connectivity index (χ0) is 22.5. The Bertz CT molecular complexity index is 914. The van der Waals surface area contributed by atoms with Crippen LogP contribution in [-0.4, -0.2) is 27.3 Å². The highest BCUT2D eigenvalue weighted by Crippen LogP contribution is 2.54. The lowest BCUT2D eigenvalue weighted by atomic mass is 10.0. The van der Waals surface area contributed by atoms with Gasteiger partial charge in [0.05, 0.1) is 15.7 Å². The Morgan fingerprint density at radius 1 is 1.07 bits per heavy atom. The van der Waals surface area contributed by atoms with Crippen LogP contribution in [0.5, 0.6) is 0 Å². The number of hydrogen-bond acceptors (Lipinski definition) is 3. The predicted molar refractivity (Wildman–Crippen MR) is 119 cm³/mol. The Kier molecular flexibility index (Phi) is 8.92. The minimum absolute atomic E-state index is 0.00585. The largest absolute Gasteiger partial charge is 0.333 e. The molecule has 0 fully saturated rings. The molecule has 1 atom stereocenters. The van der Waals surface area contributed by atoms with E-state index < -0.39 is 13.3 Å². The van der Waals surface area contributed by atoms with E-state index in [1.54, 1.807) is 0 Å². The van der Waals surface area contributed by atoms with Crippen LogP contribution in [0.1, 0.15) is 55.5 Å². The minimum atomic E-state index is -4.51. The molecular formula is C21H26Cl2NO5P. The lowest BCUT2D eigenvalue weighted by Crippen LogP contribution is -2.30. The quantitative estimate of drug-likeness (QED) is 0.359. The maximum absolute atomic E-state index is 12.1. The minimum Gasteiger partial charge on any atom is -0.324 e. The average Bonchev–Trinajstić information content (AvgIpc) is 2.66. The average molecular weight is 474 g/mol. The number of carbonyl (C=O) groups is 1. The molecule has 0 saturated heterocycles. The normalized spacial score (nSPS) is 12.8. The highest BCUT2D eigenvalue weighted by atomic mass is 35.5. The molecular weight excluding hydrogens is 448 g/mol. The van der Waals surface area contributed by atoms with Crippen molar-refractivity contribution in [2.24, 2.45) is 0 Å². The Morgan fingerprint density at radius 2 is 1.67 bits per heavy atom. The summed E-state index contributed by atoms with van der Waals surface area (Å²) in [5, 5.41) is 1.62. The first-order chi connectivity index (χ1) is 14.0. The highest BCUT2D eigenvalue weighted by molar-refractivity contribution is 7.52. The van der Waals surface area contributed by atoms with Crippen LogP contribution in [0, 0.1) is 0 Å². The molecule has 164 valence electrons. The van der Waals surface area contributed by atoms with Crippen LogP contribution in [0.4, 0.5) is 0 Å². The van der Waals surface area contributed by atoms with Gasteiger partial charge >= 0.3 is 7.60 Å². The standard InChI is InChI=1S/C21H26Cl2NO5P/c1-14(2)17-6-4-16(5-7-17)13-29-24(15(3)25)11-10-21(30(26,27)28)18-8-9-19(22)20(23)12-18/h4-9,12,14,21H,10-11,13H2,1-3H3,(H2,26,27,28). The fourth-order valence-corrected chi connectivity index (χ4v) is 4.26. The second-order valence-electron chi connectivity index (χ2n) is 7.36. The molecule has 2 aromatic carbocycles. The number of rotatable bonds is 9. The Morgan fingerprint density at radius 3 is 2.17 bits per heavy atom. The first kappa shape index (κ1) is 24.9. The summed E-state index contributed by atoms with van der Waals surface area (Å²) in [6.45, 7) is 5.73. The number of benzene rings is 2. The van der Waals surface area contributed by atoms with Gasteiger partial charge in [-0.2, -0.15) is 0 Å². The van der Waals surface area contributed by atoms with Crippen molar-refractivity contribution in [1.29, 1.82) is 0 Å². The van der Waals surface area contributed by atoms with Gasteiger partial charge in [0.2, 0.25) is 5.91 Å². The third kappa shape index (κ3) is 7.09. The van der Waals surface area contributed by atoms with Crippen LogP contribution < -0.4 is 0 Å². The van der Waals surface area contributed by atoms with Gasteiger partial charge in [0.15, 0.2) is 0 Å². The number of halogens is 2. The molecule has 0 bridgehead atoms. The van der Waals surface area contributed by atoms with Crippen LogP contribution in [0.3, 0.4) is 0 Å². The third-order valence-corrected chi connectivity index (χ3v) is 6.83. The van der Waals surface area contributed by atoms with E-state index in [0.29, 0.717) is 16.5 Å². The van der Waals surface area contributed by atoms with E-state index in [1.807, 2.05) is 24.3 Å². The molecule has 0 heterocycles. The monoisotopic (exact) mass is 473 g/mol. The predicted octanol–water partition coefficient (Wildman–Crippen LogP) is 5.71. The van der Waals surface area contributed by atoms with Gasteiger partial charge in [0.1, 0.15) is 6.61 Å². The lowest BCUT2D eigenvalue weighted by Gasteiger charge is -2.25. The summed E-state index contributed by atoms with van der Waals surface area (Å²) < 4.78 is 12.1. The van der Waals surface area contributed by atoms with Gasteiger partial charge < -0.3 is 9.79 Å². The van der Waals surface area contributed by atoms with Crippen molar-refractivity contribution in [3.63, 3.8) is 0 Å². The van der Waals surface area contributed by atoms with Crippen molar-refractivity contribution in [1.82, 2.24) is 5.06 Å². The smallest absolute Gasteiger partial charge is 0.324 e. The topological polar surface area (TPSA) is 87.1 Å². The lowest BCUT2D eigenvalue weighted by molar-refractivity contribution is -0.189. The molecule has 0 aliphatic heterocycles. The van der Waals surface area contributed by atoms with Gasteiger partial charge in [-0.3, -0.25) is 14.2 Å². The van der Waals surface area contributed by atoms with Gasteiger partial charge in [-0.15, -0.1) is 0 Å². The fraction of sp³-hybridized carbons (Fsp3) is 0.381. The van der Waals surface area contributed by atoms with E-state index >= 15 is 0 Å². The van der Waals surface area contributed by atoms with Crippen LogP contribution in [0.15, 0.2) is 42.5 Å². The molecule has 0 aromatic heterocycles. The molecule has 0 aliphatic carbocycles. The highest BCUT2D eigenvalue weighted by Gasteiger charge is 2.31. The van der Waals surface area contributed by atoms with E-state index in [2.05, 4.69) is 13.8 Å². The first-order valence-electron chi connectivity index (χ1n) is 9.49. The number of amides is 1. The Balaban J connectivity index is 2.07. The van der Waals surface area contributed by atoms with E-state index in [1.165, 1.54) is 30.7 Å². The number of hydroxylamine groups is 2. The molecule has 2 aromatic rings. The molecule has 1 amide bonds. The Hall–Kier alpha value is -1.40. The number of carbonyl (C=O) groups excluding carboxylic acids is 1. The number of hydrogen-bond donors (Lipinski definition) is 2. The van der Waals surface area contributed by atoms with Crippen molar-refractivity contribution in [2.75, 3.05) is 6.54 Å². The Labute approximate surface area is 186 Å². The van der Waals surface area contributed by atoms with Crippen LogP contribution in [-0.2, 0) is 20.8 Å². The summed E-state index contributed by atoms with van der Waals surface area (Å²) in [5.41, 5.74) is 1.31. The van der Waals surface area contributed by atoms with Crippen molar-refractivity contribution in [2.45, 2.75) is 45.4 Å². The van der Waals surface area contributed by atoms with Gasteiger partial charge in [0, 0.05) is 13.5 Å². The molecule has 2 N–H and O–H groups in total. The maximum atomic E-state index is 12.1. The van der Waals surface area contributed by atoms with Crippen LogP contribution in [0.2, 0.25) is 10.0 Å². The van der Waals surface area contributed by atoms with E-state index in [4.69, 9.17) is 28.0 Å². The zero-order valence-corrected chi connectivity index (χ0v) is 19.5. The summed E-state index contributed by atoms with van der Waals surface area (Å²) in [5.74, 6) is 0.0621. The van der Waals surface area contributed by atoms with Crippen molar-refractivity contribution in [3.05, 3.63) is 69.2 Å². The van der Waals surface area contributed by atoms with Gasteiger partial charge in [-0.05, 0) is 41.2 Å². The number of nitrogens with zero attached hydrogens (tertiary/aromatic N) is 1. The molecule has 2 rings (SSSR count). The van der Waals surface area contributed by atoms with Crippen molar-refractivity contribution < 1.29 is 24.0 Å². The molecule has 6 nitrogen and oxygen atoms in total. The van der Waals surface area contributed by atoms with Gasteiger partial charge in [-0.25, -0.2) is 5.06 Å². The second kappa shape index (κ2) is 10.8. The van der Waals surface area contributed by atoms with E-state index in [0.717, 1.165) is 10.6 Å². The molecule has 9 heteroatoms. The molecule has 0 spiro atoms. The van der Waals surface area contributed by atoms with Gasteiger partial charge in [-0.1, -0.05) is 67.4 Å². The molecule has 30 heavy (non-hydrogen) atoms. The van der Waals surface area contributed by atoms with Crippen molar-refractivity contribution in [3.8, 4) is 0 Å². The van der Waals surface area contributed by atoms with Crippen LogP contribution in [0.25, 0.3) is 0 Å². The van der Waals surface area contributed by atoms with E-state index in [9.17, 15) is 19.1 Å². The summed E-state index contributed by atoms with van der Waals surface area (Å²) in [4.78, 5) is 37.2. The van der Waals surface area contributed by atoms with Crippen molar-refractivity contribution >= 4 is 36.7 Å². The summed E-state index contributed by atoms with van der Waals surface area (Å²) >= 11 is 11.9. The maximum Gasteiger partial charge on any atom is 0.333 e. The summed E-state index contributed by atoms with van der Waals surface area (Å²) in [6, 6.07) is 12.3. The summed E-state index contributed by atoms with van der Waals surface area (Å²) in [7, 11) is -4.51. The molecule has 1 unspecified atom stereocenters. The third-order valence-electron chi connectivity index (χ3n) is 4.72. The molecule has 0 saturated carbocycles. The zero-order valence-electron chi connectivity index (χ0n) is 17.1. The molecule has 0 aliphatic rings. The summed E-state index contributed by atoms with van der Waals surface area (Å²) in [6.07, 6.45) is -0.00585. The van der Waals surface area contributed by atoms with Crippen LogP contribution >= 0.6 is 30.8 Å². The second-order valence-corrected chi connectivity index (χ2v) is 9.97. The van der Waals surface area contributed by atoms with Gasteiger partial charge in [0.25, 0.3) is 0 Å². The molecule has 0 radical (unpaired) electrons. The van der Waals surface area contributed by atoms with E-state index in [-0.39, 0.29) is 30.5 Å². The first-order valence-corrected chi connectivity index (χ1v) is 11.9. The fourth-order valence-electron chi connectivity index (χ4n) is 2.95.